The molecule has 0 bridgehead atoms. The minimum Gasteiger partial charge on any atom is -0.273 e. The highest BCUT2D eigenvalue weighted by Crippen LogP contribution is 2.36. The first-order valence-corrected chi connectivity index (χ1v) is 6.24. The fourth-order valence-corrected chi connectivity index (χ4v) is 2.72. The maximum atomic E-state index is 11.8. The van der Waals surface area contributed by atoms with Crippen LogP contribution < -0.4 is 0 Å². The highest BCUT2D eigenvalue weighted by Gasteiger charge is 2.37. The van der Waals surface area contributed by atoms with Gasteiger partial charge in [0, 0.05) is 0 Å². The van der Waals surface area contributed by atoms with Crippen LogP contribution in [0.3, 0.4) is 0 Å². The molecular formula is C12H18N2O. The van der Waals surface area contributed by atoms with Crippen molar-refractivity contribution in [3.8, 4) is 0 Å². The van der Waals surface area contributed by atoms with Crippen molar-refractivity contribution >= 4 is 11.6 Å². The lowest BCUT2D eigenvalue weighted by atomic mass is 9.95. The second kappa shape index (κ2) is 3.62. The summed E-state index contributed by atoms with van der Waals surface area (Å²) < 4.78 is 0. The Labute approximate surface area is 90.5 Å². The molecular weight excluding hydrogens is 188 g/mol. The fourth-order valence-electron chi connectivity index (χ4n) is 2.72. The van der Waals surface area contributed by atoms with Crippen LogP contribution in [0.2, 0.25) is 0 Å². The molecule has 0 spiro atoms. The Balaban J connectivity index is 1.71. The van der Waals surface area contributed by atoms with E-state index in [1.807, 2.05) is 5.01 Å². The molecule has 3 rings (SSSR count). The molecule has 0 radical (unpaired) electrons. The molecule has 2 saturated carbocycles. The van der Waals surface area contributed by atoms with Crippen molar-refractivity contribution in [1.82, 2.24) is 5.01 Å². The molecule has 0 saturated heterocycles. The zero-order chi connectivity index (χ0) is 10.3. The van der Waals surface area contributed by atoms with Crippen LogP contribution in [0.5, 0.6) is 0 Å². The van der Waals surface area contributed by atoms with Crippen LogP contribution in [0.25, 0.3) is 0 Å². The van der Waals surface area contributed by atoms with E-state index >= 15 is 0 Å². The summed E-state index contributed by atoms with van der Waals surface area (Å²) in [5.41, 5.74) is 1.17. The molecule has 0 aromatic rings. The van der Waals surface area contributed by atoms with Crippen molar-refractivity contribution in [1.29, 1.82) is 0 Å². The van der Waals surface area contributed by atoms with E-state index in [2.05, 4.69) is 5.10 Å². The second-order valence-electron chi connectivity index (χ2n) is 5.07. The molecule has 0 unspecified atom stereocenters. The standard InChI is InChI=1S/C12H18N2O/c15-12-8-11(9-6-7-9)13-14(12)10-4-2-1-3-5-10/h9-10H,1-8H2. The highest BCUT2D eigenvalue weighted by molar-refractivity contribution is 6.06. The highest BCUT2D eigenvalue weighted by atomic mass is 16.2. The summed E-state index contributed by atoms with van der Waals surface area (Å²) in [5.74, 6) is 0.909. The molecule has 0 aromatic heterocycles. The Kier molecular flexibility index (Phi) is 2.26. The van der Waals surface area contributed by atoms with E-state index in [-0.39, 0.29) is 5.91 Å². The van der Waals surface area contributed by atoms with Gasteiger partial charge < -0.3 is 0 Å². The Morgan fingerprint density at radius 2 is 1.80 bits per heavy atom. The Morgan fingerprint density at radius 1 is 1.07 bits per heavy atom. The largest absolute Gasteiger partial charge is 0.273 e. The number of hydrogen-bond acceptors (Lipinski definition) is 2. The summed E-state index contributed by atoms with van der Waals surface area (Å²) in [6, 6.07) is 0.419. The predicted octanol–water partition coefficient (Wildman–Crippen LogP) is 2.32. The summed E-state index contributed by atoms with van der Waals surface area (Å²) in [6.45, 7) is 0. The Bertz CT molecular complexity index is 301. The maximum absolute atomic E-state index is 11.8. The first-order chi connectivity index (χ1) is 7.34. The predicted molar refractivity (Wildman–Crippen MR) is 58.5 cm³/mol. The molecule has 3 aliphatic rings. The summed E-state index contributed by atoms with van der Waals surface area (Å²) in [5, 5.41) is 6.37. The number of nitrogens with zero attached hydrogens (tertiary/aromatic N) is 2. The minimum atomic E-state index is 0.254. The molecule has 15 heavy (non-hydrogen) atoms. The second-order valence-corrected chi connectivity index (χ2v) is 5.07. The van der Waals surface area contributed by atoms with Gasteiger partial charge in [0.25, 0.3) is 0 Å². The molecule has 1 heterocycles. The van der Waals surface area contributed by atoms with Crippen LogP contribution >= 0.6 is 0 Å². The van der Waals surface area contributed by atoms with Crippen LogP contribution in [0.4, 0.5) is 0 Å². The van der Waals surface area contributed by atoms with Gasteiger partial charge in [-0.15, -0.1) is 0 Å². The quantitative estimate of drug-likeness (QED) is 0.682. The minimum absolute atomic E-state index is 0.254. The third-order valence-electron chi connectivity index (χ3n) is 3.79. The van der Waals surface area contributed by atoms with Crippen molar-refractivity contribution in [2.45, 2.75) is 57.4 Å². The number of amides is 1. The molecule has 3 nitrogen and oxygen atoms in total. The first-order valence-electron chi connectivity index (χ1n) is 6.24. The van der Waals surface area contributed by atoms with E-state index in [1.54, 1.807) is 0 Å². The Hall–Kier alpha value is -0.860. The van der Waals surface area contributed by atoms with Crippen LogP contribution in [0.15, 0.2) is 5.10 Å². The summed E-state index contributed by atoms with van der Waals surface area (Å²) in [6.07, 6.45) is 9.31. The smallest absolute Gasteiger partial charge is 0.248 e. The average molecular weight is 206 g/mol. The fraction of sp³-hybridized carbons (Fsp3) is 0.833. The maximum Gasteiger partial charge on any atom is 0.248 e. The zero-order valence-electron chi connectivity index (χ0n) is 9.11. The van der Waals surface area contributed by atoms with Gasteiger partial charge in [0.15, 0.2) is 0 Å². The van der Waals surface area contributed by atoms with E-state index in [1.165, 1.54) is 37.8 Å². The van der Waals surface area contributed by atoms with E-state index in [9.17, 15) is 4.79 Å². The summed E-state index contributed by atoms with van der Waals surface area (Å²) in [7, 11) is 0. The van der Waals surface area contributed by atoms with Gasteiger partial charge in [-0.25, -0.2) is 5.01 Å². The van der Waals surface area contributed by atoms with Gasteiger partial charge in [-0.1, -0.05) is 19.3 Å². The number of rotatable bonds is 2. The normalized spacial score (nSPS) is 28.4. The van der Waals surface area contributed by atoms with E-state index in [4.69, 9.17) is 0 Å². The molecule has 0 aromatic carbocycles. The molecule has 1 aliphatic heterocycles. The Morgan fingerprint density at radius 3 is 2.47 bits per heavy atom. The van der Waals surface area contributed by atoms with E-state index in [0.29, 0.717) is 18.4 Å². The third kappa shape index (κ3) is 1.80. The first kappa shape index (κ1) is 9.37. The molecule has 1 amide bonds. The molecule has 82 valence electrons. The number of hydrazone groups is 1. The SMILES string of the molecule is O=C1CC(C2CC2)=NN1C1CCCCC1. The van der Waals surface area contributed by atoms with Crippen molar-refractivity contribution < 1.29 is 4.79 Å². The van der Waals surface area contributed by atoms with Crippen molar-refractivity contribution in [2.24, 2.45) is 11.0 Å². The van der Waals surface area contributed by atoms with Gasteiger partial charge in [-0.05, 0) is 31.6 Å². The van der Waals surface area contributed by atoms with Gasteiger partial charge in [0.05, 0.1) is 18.2 Å². The number of hydrogen-bond donors (Lipinski definition) is 0. The van der Waals surface area contributed by atoms with Crippen LogP contribution in [-0.4, -0.2) is 22.7 Å². The molecule has 0 N–H and O–H groups in total. The molecule has 3 heteroatoms. The van der Waals surface area contributed by atoms with Gasteiger partial charge in [0.2, 0.25) is 5.91 Å². The lowest BCUT2D eigenvalue weighted by Gasteiger charge is -2.27. The number of carbonyl (C=O) groups excluding carboxylic acids is 1. The van der Waals surface area contributed by atoms with Crippen LogP contribution in [0.1, 0.15) is 51.4 Å². The van der Waals surface area contributed by atoms with Crippen molar-refractivity contribution in [3.05, 3.63) is 0 Å². The van der Waals surface area contributed by atoms with Gasteiger partial charge >= 0.3 is 0 Å². The van der Waals surface area contributed by atoms with Gasteiger partial charge in [-0.2, -0.15) is 5.10 Å². The van der Waals surface area contributed by atoms with Crippen molar-refractivity contribution in [2.75, 3.05) is 0 Å². The molecule has 0 atom stereocenters. The molecule has 2 fully saturated rings. The monoisotopic (exact) mass is 206 g/mol. The van der Waals surface area contributed by atoms with Gasteiger partial charge in [0.1, 0.15) is 0 Å². The molecule has 2 aliphatic carbocycles. The van der Waals surface area contributed by atoms with Crippen LogP contribution in [0, 0.1) is 5.92 Å². The zero-order valence-corrected chi connectivity index (χ0v) is 9.11. The summed E-state index contributed by atoms with van der Waals surface area (Å²) in [4.78, 5) is 11.8. The topological polar surface area (TPSA) is 32.7 Å². The third-order valence-corrected chi connectivity index (χ3v) is 3.79. The average Bonchev–Trinajstić information content (AvgIpc) is 3.04. The lowest BCUT2D eigenvalue weighted by molar-refractivity contribution is -0.131. The van der Waals surface area contributed by atoms with Gasteiger partial charge in [-0.3, -0.25) is 4.79 Å². The number of carbonyl (C=O) groups is 1. The lowest BCUT2D eigenvalue weighted by Crippen LogP contribution is -2.34. The van der Waals surface area contributed by atoms with E-state index < -0.39 is 0 Å². The van der Waals surface area contributed by atoms with Crippen molar-refractivity contribution in [3.63, 3.8) is 0 Å². The van der Waals surface area contributed by atoms with Crippen LogP contribution in [-0.2, 0) is 4.79 Å². The summed E-state index contributed by atoms with van der Waals surface area (Å²) >= 11 is 0. The van der Waals surface area contributed by atoms with E-state index in [0.717, 1.165) is 12.8 Å².